The average molecular weight is 519 g/mol. The van der Waals surface area contributed by atoms with Crippen molar-refractivity contribution in [1.29, 1.82) is 0 Å². The van der Waals surface area contributed by atoms with Gasteiger partial charge >= 0.3 is 0 Å². The number of hydrogen-bond acceptors (Lipinski definition) is 4. The van der Waals surface area contributed by atoms with Gasteiger partial charge in [-0.25, -0.2) is 4.85 Å². The lowest BCUT2D eigenvalue weighted by molar-refractivity contribution is -0.123. The molecule has 0 bridgehead atoms. The molecule has 0 unspecified atom stereocenters. The summed E-state index contributed by atoms with van der Waals surface area (Å²) in [5, 5.41) is 0.767. The first-order valence-electron chi connectivity index (χ1n) is 11.6. The molecule has 0 spiro atoms. The lowest BCUT2D eigenvalue weighted by Gasteiger charge is -2.29. The van der Waals surface area contributed by atoms with Crippen molar-refractivity contribution in [2.45, 2.75) is 39.7 Å². The van der Waals surface area contributed by atoms with Crippen LogP contribution in [0, 0.1) is 20.4 Å². The third-order valence-corrected chi connectivity index (χ3v) is 7.30. The normalized spacial score (nSPS) is 14.8. The fraction of sp³-hybridized carbons (Fsp3) is 0.286. The number of carbonyl (C=O) groups is 1. The van der Waals surface area contributed by atoms with Crippen LogP contribution in [-0.4, -0.2) is 39.6 Å². The zero-order valence-corrected chi connectivity index (χ0v) is 22.3. The molecule has 8 heteroatoms. The van der Waals surface area contributed by atoms with E-state index in [1.54, 1.807) is 19.1 Å². The molecule has 1 aliphatic heterocycles. The first kappa shape index (κ1) is 25.6. The van der Waals surface area contributed by atoms with E-state index in [9.17, 15) is 4.79 Å². The molecule has 1 amide bonds. The predicted octanol–water partition coefficient (Wildman–Crippen LogP) is 6.75. The van der Waals surface area contributed by atoms with Crippen LogP contribution in [0.3, 0.4) is 0 Å². The second-order valence-corrected chi connectivity index (χ2v) is 9.95. The molecule has 6 nitrogen and oxygen atoms in total. The van der Waals surface area contributed by atoms with E-state index in [0.29, 0.717) is 46.6 Å². The van der Waals surface area contributed by atoms with Crippen molar-refractivity contribution in [2.24, 2.45) is 0 Å². The van der Waals surface area contributed by atoms with Gasteiger partial charge in [0.15, 0.2) is 5.11 Å². The van der Waals surface area contributed by atoms with Crippen LogP contribution in [0.4, 0.5) is 11.4 Å². The molecular weight excluding hydrogens is 492 g/mol. The minimum atomic E-state index is -0.807. The molecule has 0 saturated carbocycles. The Morgan fingerprint density at radius 2 is 1.78 bits per heavy atom. The average Bonchev–Trinajstić information content (AvgIpc) is 3.03. The number of thiocarbonyl (C=S) groups is 1. The van der Waals surface area contributed by atoms with Crippen molar-refractivity contribution in [3.63, 3.8) is 0 Å². The largest absolute Gasteiger partial charge is 0.494 e. The van der Waals surface area contributed by atoms with Crippen LogP contribution in [0.15, 0.2) is 54.7 Å². The molecule has 36 heavy (non-hydrogen) atoms. The van der Waals surface area contributed by atoms with Gasteiger partial charge in [0.05, 0.1) is 23.9 Å². The lowest BCUT2D eigenvalue weighted by Crippen LogP contribution is -2.44. The summed E-state index contributed by atoms with van der Waals surface area (Å²) in [4.78, 5) is 24.6. The number of anilines is 1. The van der Waals surface area contributed by atoms with Gasteiger partial charge in [0, 0.05) is 24.0 Å². The Morgan fingerprint density at radius 3 is 2.42 bits per heavy atom. The molecule has 0 aliphatic carbocycles. The van der Waals surface area contributed by atoms with Crippen molar-refractivity contribution in [3.8, 4) is 16.9 Å². The zero-order chi connectivity index (χ0) is 26.0. The van der Waals surface area contributed by atoms with Gasteiger partial charge in [0.1, 0.15) is 11.3 Å². The number of hydrogen-bond donors (Lipinski definition) is 0. The van der Waals surface area contributed by atoms with Crippen molar-refractivity contribution in [3.05, 3.63) is 82.4 Å². The van der Waals surface area contributed by atoms with E-state index >= 15 is 0 Å². The zero-order valence-electron chi connectivity index (χ0n) is 20.7. The third-order valence-electron chi connectivity index (χ3n) is 6.42. The minimum Gasteiger partial charge on any atom is -0.494 e. The number of rotatable bonds is 7. The summed E-state index contributed by atoms with van der Waals surface area (Å²) in [6, 6.07) is 15.3. The van der Waals surface area contributed by atoms with Crippen molar-refractivity contribution in [1.82, 2.24) is 9.88 Å². The van der Waals surface area contributed by atoms with Crippen LogP contribution >= 0.6 is 23.8 Å². The number of aromatic nitrogens is 1. The van der Waals surface area contributed by atoms with Crippen LogP contribution in [0.5, 0.6) is 5.75 Å². The highest BCUT2D eigenvalue weighted by atomic mass is 35.5. The minimum absolute atomic E-state index is 0.121. The van der Waals surface area contributed by atoms with Crippen molar-refractivity contribution >= 4 is 46.2 Å². The first-order chi connectivity index (χ1) is 17.1. The van der Waals surface area contributed by atoms with Crippen LogP contribution < -0.4 is 9.64 Å². The van der Waals surface area contributed by atoms with E-state index in [0.717, 1.165) is 22.6 Å². The lowest BCUT2D eigenvalue weighted by atomic mass is 10.0. The number of carbonyl (C=O) groups excluding carboxylic acids is 1. The molecule has 4 rings (SSSR count). The fourth-order valence-electron chi connectivity index (χ4n) is 4.21. The van der Waals surface area contributed by atoms with Gasteiger partial charge in [-0.1, -0.05) is 35.9 Å². The SMILES string of the molecule is [C-]#[N+]c1ccc(N2C(=O)C(C)(C)N(CCCOc3ccc(-c4ccc(C)nc4)cc3)C2=S)c(C)c1Cl. The summed E-state index contributed by atoms with van der Waals surface area (Å²) < 4.78 is 5.95. The van der Waals surface area contributed by atoms with E-state index in [1.165, 1.54) is 4.90 Å². The van der Waals surface area contributed by atoms with Crippen molar-refractivity contribution < 1.29 is 9.53 Å². The van der Waals surface area contributed by atoms with E-state index in [-0.39, 0.29) is 5.91 Å². The number of benzene rings is 2. The number of nitrogens with zero attached hydrogens (tertiary/aromatic N) is 4. The number of ether oxygens (including phenoxy) is 1. The number of amides is 1. The van der Waals surface area contributed by atoms with Crippen molar-refractivity contribution in [2.75, 3.05) is 18.1 Å². The fourth-order valence-corrected chi connectivity index (χ4v) is 4.91. The molecule has 184 valence electrons. The number of pyridine rings is 1. The third kappa shape index (κ3) is 4.79. The smallest absolute Gasteiger partial charge is 0.258 e. The maximum atomic E-state index is 13.3. The van der Waals surface area contributed by atoms with Gasteiger partial charge in [0.25, 0.3) is 5.91 Å². The standard InChI is InChI=1S/C28H27ClN4O2S/c1-18-7-8-21(17-31-18)20-9-11-22(12-10-20)35-16-6-15-32-27(36)33(26(34)28(32,3)4)24-14-13-23(30-5)25(29)19(24)2/h7-14,17H,6,15-16H2,1-4H3. The summed E-state index contributed by atoms with van der Waals surface area (Å²) in [6.07, 6.45) is 2.55. The molecule has 1 aromatic heterocycles. The molecule has 0 radical (unpaired) electrons. The maximum Gasteiger partial charge on any atom is 0.258 e. The van der Waals surface area contributed by atoms with Gasteiger partial charge in [0.2, 0.25) is 5.69 Å². The molecule has 2 aromatic carbocycles. The van der Waals surface area contributed by atoms with E-state index in [2.05, 4.69) is 15.9 Å². The highest BCUT2D eigenvalue weighted by molar-refractivity contribution is 7.80. The Hall–Kier alpha value is -3.47. The molecule has 0 N–H and O–H groups in total. The van der Waals surface area contributed by atoms with E-state index < -0.39 is 5.54 Å². The Labute approximate surface area is 222 Å². The molecule has 1 fully saturated rings. The van der Waals surface area contributed by atoms with Crippen LogP contribution in [0.1, 0.15) is 31.5 Å². The Morgan fingerprint density at radius 1 is 1.08 bits per heavy atom. The molecule has 1 saturated heterocycles. The van der Waals surface area contributed by atoms with E-state index in [1.807, 2.05) is 62.2 Å². The second-order valence-electron chi connectivity index (χ2n) is 9.20. The Balaban J connectivity index is 1.39. The summed E-state index contributed by atoms with van der Waals surface area (Å²) >= 11 is 12.1. The highest BCUT2D eigenvalue weighted by Gasteiger charge is 2.49. The topological polar surface area (TPSA) is 50.0 Å². The summed E-state index contributed by atoms with van der Waals surface area (Å²) in [5.74, 6) is 0.661. The van der Waals surface area contributed by atoms with Gasteiger partial charge in [-0.05, 0) is 81.7 Å². The molecular formula is C28H27ClN4O2S. The van der Waals surface area contributed by atoms with Gasteiger partial charge in [-0.3, -0.25) is 14.7 Å². The highest BCUT2D eigenvalue weighted by Crippen LogP contribution is 2.39. The van der Waals surface area contributed by atoms with Gasteiger partial charge in [-0.2, -0.15) is 0 Å². The molecule has 3 aromatic rings. The maximum absolute atomic E-state index is 13.3. The molecule has 2 heterocycles. The number of aryl methyl sites for hydroxylation is 1. The Bertz CT molecular complexity index is 1350. The summed E-state index contributed by atoms with van der Waals surface area (Å²) in [7, 11) is 0. The quantitative estimate of drug-likeness (QED) is 0.197. The predicted molar refractivity (Wildman–Crippen MR) is 148 cm³/mol. The number of halogens is 1. The van der Waals surface area contributed by atoms with Crippen LogP contribution in [-0.2, 0) is 4.79 Å². The molecule has 0 atom stereocenters. The Kier molecular flexibility index (Phi) is 7.30. The van der Waals surface area contributed by atoms with Crippen LogP contribution in [0.2, 0.25) is 5.02 Å². The van der Waals surface area contributed by atoms with Gasteiger partial charge in [-0.15, -0.1) is 0 Å². The first-order valence-corrected chi connectivity index (χ1v) is 12.4. The molecule has 1 aliphatic rings. The van der Waals surface area contributed by atoms with Crippen LogP contribution in [0.25, 0.3) is 16.0 Å². The second kappa shape index (κ2) is 10.3. The summed E-state index contributed by atoms with van der Waals surface area (Å²) in [5.41, 5.74) is 3.94. The van der Waals surface area contributed by atoms with Gasteiger partial charge < -0.3 is 9.64 Å². The summed E-state index contributed by atoms with van der Waals surface area (Å²) in [6.45, 7) is 15.8. The van der Waals surface area contributed by atoms with E-state index in [4.69, 9.17) is 35.1 Å². The monoisotopic (exact) mass is 518 g/mol.